The molecule has 0 aromatic heterocycles. The third kappa shape index (κ3) is 2.75. The molecule has 0 fully saturated rings. The van der Waals surface area contributed by atoms with Crippen molar-refractivity contribution in [2.45, 2.75) is 38.8 Å². The molecule has 1 aliphatic heterocycles. The van der Waals surface area contributed by atoms with Crippen LogP contribution in [0.1, 0.15) is 36.9 Å². The molecule has 2 rings (SSSR count). The van der Waals surface area contributed by atoms with Crippen molar-refractivity contribution in [3.05, 3.63) is 29.3 Å². The van der Waals surface area contributed by atoms with Crippen LogP contribution < -0.4 is 10.1 Å². The van der Waals surface area contributed by atoms with Gasteiger partial charge in [0.1, 0.15) is 5.75 Å². The quantitative estimate of drug-likeness (QED) is 0.873. The Bertz CT molecular complexity index is 382. The second-order valence-corrected chi connectivity index (χ2v) is 4.25. The van der Waals surface area contributed by atoms with Crippen LogP contribution >= 0.6 is 0 Å². The first kappa shape index (κ1) is 12.3. The van der Waals surface area contributed by atoms with Gasteiger partial charge in [-0.05, 0) is 31.0 Å². The number of halogens is 2. The molecule has 4 heteroatoms. The minimum Gasteiger partial charge on any atom is -0.435 e. The van der Waals surface area contributed by atoms with Gasteiger partial charge in [-0.25, -0.2) is 0 Å². The maximum atomic E-state index is 12.3. The molecule has 94 valence electrons. The van der Waals surface area contributed by atoms with Crippen molar-refractivity contribution in [2.24, 2.45) is 0 Å². The fourth-order valence-electron chi connectivity index (χ4n) is 2.41. The molecule has 0 spiro atoms. The average molecular weight is 241 g/mol. The monoisotopic (exact) mass is 241 g/mol. The maximum absolute atomic E-state index is 12.3. The number of nitrogens with one attached hydrogen (secondary N) is 1. The van der Waals surface area contributed by atoms with Gasteiger partial charge in [-0.3, -0.25) is 0 Å². The summed E-state index contributed by atoms with van der Waals surface area (Å²) in [5, 5.41) is 3.41. The highest BCUT2D eigenvalue weighted by Crippen LogP contribution is 2.33. The van der Waals surface area contributed by atoms with E-state index in [9.17, 15) is 8.78 Å². The zero-order valence-corrected chi connectivity index (χ0v) is 9.88. The van der Waals surface area contributed by atoms with Crippen LogP contribution in [0.25, 0.3) is 0 Å². The molecular formula is C13H17F2NO. The molecule has 1 aliphatic rings. The first-order valence-electron chi connectivity index (χ1n) is 6.02. The van der Waals surface area contributed by atoms with E-state index >= 15 is 0 Å². The lowest BCUT2D eigenvalue weighted by atomic mass is 9.91. The minimum atomic E-state index is -2.75. The molecule has 1 unspecified atom stereocenters. The lowest BCUT2D eigenvalue weighted by Crippen LogP contribution is -2.30. The molecule has 1 N–H and O–H groups in total. The molecule has 0 saturated carbocycles. The van der Waals surface area contributed by atoms with Crippen molar-refractivity contribution < 1.29 is 13.5 Å². The fourth-order valence-corrected chi connectivity index (χ4v) is 2.41. The number of rotatable bonds is 4. The summed E-state index contributed by atoms with van der Waals surface area (Å²) < 4.78 is 29.2. The van der Waals surface area contributed by atoms with Crippen molar-refractivity contribution in [2.75, 3.05) is 6.54 Å². The van der Waals surface area contributed by atoms with Crippen molar-refractivity contribution >= 4 is 0 Å². The van der Waals surface area contributed by atoms with E-state index in [0.29, 0.717) is 5.75 Å². The van der Waals surface area contributed by atoms with Gasteiger partial charge in [0.15, 0.2) is 0 Å². The van der Waals surface area contributed by atoms with Crippen LogP contribution in [0.2, 0.25) is 0 Å². The van der Waals surface area contributed by atoms with Crippen LogP contribution in [-0.4, -0.2) is 13.2 Å². The van der Waals surface area contributed by atoms with Crippen LogP contribution in [0.3, 0.4) is 0 Å². The third-order valence-corrected chi connectivity index (χ3v) is 3.10. The Labute approximate surface area is 100.0 Å². The van der Waals surface area contributed by atoms with Crippen molar-refractivity contribution in [3.63, 3.8) is 0 Å². The fraction of sp³-hybridized carbons (Fsp3) is 0.538. The Morgan fingerprint density at radius 2 is 2.29 bits per heavy atom. The zero-order valence-electron chi connectivity index (χ0n) is 9.88. The Kier molecular flexibility index (Phi) is 3.94. The first-order valence-corrected chi connectivity index (χ1v) is 6.02. The number of fused-ring (bicyclic) bond motifs is 1. The van der Waals surface area contributed by atoms with E-state index in [2.05, 4.69) is 17.0 Å². The lowest BCUT2D eigenvalue weighted by molar-refractivity contribution is -0.0506. The van der Waals surface area contributed by atoms with Gasteiger partial charge in [0.2, 0.25) is 0 Å². The summed E-state index contributed by atoms with van der Waals surface area (Å²) in [7, 11) is 0. The number of ether oxygens (including phenoxy) is 1. The molecular weight excluding hydrogens is 224 g/mol. The second-order valence-electron chi connectivity index (χ2n) is 4.25. The summed E-state index contributed by atoms with van der Waals surface area (Å²) in [6.07, 6.45) is 2.83. The van der Waals surface area contributed by atoms with Gasteiger partial charge in [0.25, 0.3) is 0 Å². The van der Waals surface area contributed by atoms with Gasteiger partial charge < -0.3 is 10.1 Å². The Morgan fingerprint density at radius 3 is 3.00 bits per heavy atom. The molecule has 1 heterocycles. The standard InChI is InChI=1S/C13H17F2NO/c1-2-4-11-9-5-3-6-12(17-13(14)15)10(9)7-8-16-11/h3,5-6,11,13,16H,2,4,7-8H2,1H3. The van der Waals surface area contributed by atoms with E-state index in [1.807, 2.05) is 6.07 Å². The van der Waals surface area contributed by atoms with Crippen LogP contribution in [-0.2, 0) is 6.42 Å². The summed E-state index contributed by atoms with van der Waals surface area (Å²) >= 11 is 0. The van der Waals surface area contributed by atoms with Gasteiger partial charge in [-0.1, -0.05) is 25.5 Å². The Hall–Kier alpha value is -1.16. The van der Waals surface area contributed by atoms with Crippen molar-refractivity contribution in [3.8, 4) is 5.75 Å². The average Bonchev–Trinajstić information content (AvgIpc) is 2.30. The predicted molar refractivity (Wildman–Crippen MR) is 62.4 cm³/mol. The van der Waals surface area contributed by atoms with Gasteiger partial charge in [0.05, 0.1) is 0 Å². The third-order valence-electron chi connectivity index (χ3n) is 3.10. The number of hydrogen-bond acceptors (Lipinski definition) is 2. The van der Waals surface area contributed by atoms with E-state index in [-0.39, 0.29) is 6.04 Å². The molecule has 17 heavy (non-hydrogen) atoms. The van der Waals surface area contributed by atoms with E-state index < -0.39 is 6.61 Å². The van der Waals surface area contributed by atoms with E-state index in [0.717, 1.165) is 36.9 Å². The molecule has 1 aromatic carbocycles. The summed E-state index contributed by atoms with van der Waals surface area (Å²) in [5.74, 6) is 0.333. The van der Waals surface area contributed by atoms with Crippen molar-refractivity contribution in [1.82, 2.24) is 5.32 Å². The topological polar surface area (TPSA) is 21.3 Å². The van der Waals surface area contributed by atoms with Crippen LogP contribution in [0, 0.1) is 0 Å². The zero-order chi connectivity index (χ0) is 12.3. The number of alkyl halides is 2. The highest BCUT2D eigenvalue weighted by molar-refractivity contribution is 5.43. The van der Waals surface area contributed by atoms with Crippen LogP contribution in [0.5, 0.6) is 5.75 Å². The summed E-state index contributed by atoms with van der Waals surface area (Å²) in [5.41, 5.74) is 2.04. The van der Waals surface area contributed by atoms with E-state index in [1.165, 1.54) is 0 Å². The van der Waals surface area contributed by atoms with Gasteiger partial charge in [-0.15, -0.1) is 0 Å². The molecule has 0 radical (unpaired) electrons. The summed E-state index contributed by atoms with van der Waals surface area (Å²) in [4.78, 5) is 0. The summed E-state index contributed by atoms with van der Waals surface area (Å²) in [6.45, 7) is 0.192. The van der Waals surface area contributed by atoms with Gasteiger partial charge in [-0.2, -0.15) is 8.78 Å². The largest absolute Gasteiger partial charge is 0.435 e. The second kappa shape index (κ2) is 5.45. The molecule has 0 amide bonds. The summed E-state index contributed by atoms with van der Waals surface area (Å²) in [6, 6.07) is 5.68. The van der Waals surface area contributed by atoms with Crippen LogP contribution in [0.4, 0.5) is 8.78 Å². The van der Waals surface area contributed by atoms with E-state index in [1.54, 1.807) is 12.1 Å². The lowest BCUT2D eigenvalue weighted by Gasteiger charge is -2.28. The molecule has 0 bridgehead atoms. The highest BCUT2D eigenvalue weighted by atomic mass is 19.3. The first-order chi connectivity index (χ1) is 8.22. The van der Waals surface area contributed by atoms with Gasteiger partial charge in [0, 0.05) is 11.6 Å². The Morgan fingerprint density at radius 1 is 1.47 bits per heavy atom. The van der Waals surface area contributed by atoms with Gasteiger partial charge >= 0.3 is 6.61 Å². The molecule has 0 saturated heterocycles. The number of hydrogen-bond donors (Lipinski definition) is 1. The van der Waals surface area contributed by atoms with Crippen molar-refractivity contribution in [1.29, 1.82) is 0 Å². The maximum Gasteiger partial charge on any atom is 0.387 e. The smallest absolute Gasteiger partial charge is 0.387 e. The predicted octanol–water partition coefficient (Wildman–Crippen LogP) is 3.27. The molecule has 1 atom stereocenters. The number of benzene rings is 1. The minimum absolute atomic E-state index is 0.268. The van der Waals surface area contributed by atoms with Crippen LogP contribution in [0.15, 0.2) is 18.2 Å². The highest BCUT2D eigenvalue weighted by Gasteiger charge is 2.22. The molecule has 1 aromatic rings. The van der Waals surface area contributed by atoms with E-state index in [4.69, 9.17) is 0 Å². The Balaban J connectivity index is 2.29. The molecule has 2 nitrogen and oxygen atoms in total. The SMILES string of the molecule is CCCC1NCCc2c(OC(F)F)cccc21. The normalized spacial score (nSPS) is 19.2. The molecule has 0 aliphatic carbocycles.